The molecule has 2 amide bonds. The molecule has 0 saturated carbocycles. The Bertz CT molecular complexity index is 949. The van der Waals surface area contributed by atoms with Crippen LogP contribution in [0.3, 0.4) is 0 Å². The summed E-state index contributed by atoms with van der Waals surface area (Å²) >= 11 is 0. The number of halogens is 1. The second-order valence-corrected chi connectivity index (χ2v) is 12.3. The molecule has 4 fully saturated rings. The minimum atomic E-state index is -1.21. The summed E-state index contributed by atoms with van der Waals surface area (Å²) in [6.07, 6.45) is 0.125. The third-order valence-corrected chi connectivity index (χ3v) is 9.84. The molecule has 1 spiro atoms. The number of carbonyl (C=O) groups excluding carboxylic acids is 3. The third-order valence-electron chi connectivity index (χ3n) is 6.14. The van der Waals surface area contributed by atoms with Gasteiger partial charge in [0.15, 0.2) is 9.74 Å². The number of piperazine rings is 1. The fraction of sp³-hybridized carbons (Fsp3) is 0.571. The van der Waals surface area contributed by atoms with E-state index in [1.807, 2.05) is 0 Å². The van der Waals surface area contributed by atoms with E-state index in [4.69, 9.17) is 4.74 Å². The van der Waals surface area contributed by atoms with Crippen molar-refractivity contribution in [2.24, 2.45) is 5.41 Å². The Morgan fingerprint density at radius 1 is 1.13 bits per heavy atom. The molecule has 1 aromatic carbocycles. The molecule has 0 unspecified atom stereocenters. The zero-order chi connectivity index (χ0) is 22.3. The summed E-state index contributed by atoms with van der Waals surface area (Å²) in [6, 6.07) is 5.02. The first-order valence-corrected chi connectivity index (χ1v) is 11.9. The van der Waals surface area contributed by atoms with E-state index >= 15 is 0 Å². The van der Waals surface area contributed by atoms with Crippen LogP contribution in [0.25, 0.3) is 0 Å². The highest BCUT2D eigenvalue weighted by Gasteiger charge is 2.76. The highest BCUT2D eigenvalue weighted by atomic mass is 33.1. The molecule has 0 N–H and O–H groups in total. The van der Waals surface area contributed by atoms with E-state index in [0.717, 1.165) is 0 Å². The van der Waals surface area contributed by atoms with Crippen LogP contribution >= 0.6 is 21.6 Å². The molecule has 9 heteroatoms. The highest BCUT2D eigenvalue weighted by molar-refractivity contribution is 8.78. The van der Waals surface area contributed by atoms with Gasteiger partial charge >= 0.3 is 5.97 Å². The SMILES string of the molecule is CN1C(=O)[C@@]23C[C@](C)(C(=O)OC(C)(C)C)[C@H](c4ccc(F)cc4)N2C(=O)[C@]1(C)SS3. The van der Waals surface area contributed by atoms with Crippen LogP contribution in [0, 0.1) is 11.2 Å². The van der Waals surface area contributed by atoms with Gasteiger partial charge < -0.3 is 14.5 Å². The molecule has 0 radical (unpaired) electrons. The zero-order valence-corrected chi connectivity index (χ0v) is 19.4. The molecule has 1 aromatic rings. The van der Waals surface area contributed by atoms with Crippen molar-refractivity contribution >= 4 is 39.4 Å². The Labute approximate surface area is 183 Å². The molecule has 30 heavy (non-hydrogen) atoms. The number of hydrogen-bond donors (Lipinski definition) is 0. The quantitative estimate of drug-likeness (QED) is 0.503. The number of rotatable bonds is 2. The maximum atomic E-state index is 13.7. The minimum absolute atomic E-state index is 0.125. The van der Waals surface area contributed by atoms with E-state index in [9.17, 15) is 18.8 Å². The van der Waals surface area contributed by atoms with Crippen LogP contribution in [-0.2, 0) is 19.1 Å². The maximum Gasteiger partial charge on any atom is 0.314 e. The number of nitrogens with zero attached hydrogens (tertiary/aromatic N) is 2. The molecule has 4 aliphatic heterocycles. The summed E-state index contributed by atoms with van der Waals surface area (Å²) in [5.41, 5.74) is -1.31. The van der Waals surface area contributed by atoms with Gasteiger partial charge in [0.1, 0.15) is 11.4 Å². The maximum absolute atomic E-state index is 13.7. The standard InChI is InChI=1S/C21H25FN2O4S2/c1-18(2,3)28-17(27)19(4)11-21-16(26)23(6)20(5,29-30-21)15(25)24(21)14(19)12-7-9-13(22)10-8-12/h7-10,14H,11H2,1-6H3/t14-,19-,20-,21-/m0/s1. The fourth-order valence-corrected chi connectivity index (χ4v) is 8.12. The average molecular weight is 453 g/mol. The number of likely N-dealkylation sites (N-methyl/N-ethyl adjacent to an activating group) is 1. The van der Waals surface area contributed by atoms with Gasteiger partial charge in [-0.3, -0.25) is 14.4 Å². The second-order valence-electron chi connectivity index (χ2n) is 9.52. The summed E-state index contributed by atoms with van der Waals surface area (Å²) in [7, 11) is 4.31. The first-order chi connectivity index (χ1) is 13.8. The Hall–Kier alpha value is -1.74. The second kappa shape index (κ2) is 6.38. The molecule has 0 aliphatic carbocycles. The van der Waals surface area contributed by atoms with E-state index in [0.29, 0.717) is 5.56 Å². The third kappa shape index (κ3) is 2.74. The first kappa shape index (κ1) is 21.5. The Morgan fingerprint density at radius 2 is 1.73 bits per heavy atom. The molecule has 4 atom stereocenters. The molecule has 2 bridgehead atoms. The van der Waals surface area contributed by atoms with Crippen molar-refractivity contribution < 1.29 is 23.5 Å². The van der Waals surface area contributed by atoms with Gasteiger partial charge in [0.25, 0.3) is 11.8 Å². The lowest BCUT2D eigenvalue weighted by Gasteiger charge is -2.57. The number of fused-ring (bicyclic) bond motifs is 2. The monoisotopic (exact) mass is 452 g/mol. The summed E-state index contributed by atoms with van der Waals surface area (Å²) < 4.78 is 19.4. The van der Waals surface area contributed by atoms with Gasteiger partial charge in [-0.25, -0.2) is 4.39 Å². The molecule has 5 rings (SSSR count). The van der Waals surface area contributed by atoms with Crippen LogP contribution in [0.1, 0.15) is 52.6 Å². The lowest BCUT2D eigenvalue weighted by molar-refractivity contribution is -0.170. The van der Waals surface area contributed by atoms with Crippen LogP contribution in [0.5, 0.6) is 0 Å². The van der Waals surface area contributed by atoms with E-state index in [-0.39, 0.29) is 18.2 Å². The summed E-state index contributed by atoms with van der Waals surface area (Å²) in [4.78, 5) is 41.3. The molecule has 4 heterocycles. The molecule has 0 aromatic heterocycles. The number of hydrogen-bond acceptors (Lipinski definition) is 6. The molecule has 6 nitrogen and oxygen atoms in total. The van der Waals surface area contributed by atoms with Crippen molar-refractivity contribution in [3.8, 4) is 0 Å². The Balaban J connectivity index is 1.91. The van der Waals surface area contributed by atoms with Crippen molar-refractivity contribution in [1.82, 2.24) is 9.80 Å². The first-order valence-electron chi connectivity index (χ1n) is 9.74. The largest absolute Gasteiger partial charge is 0.459 e. The Kier molecular flexibility index (Phi) is 4.57. The van der Waals surface area contributed by atoms with Gasteiger partial charge in [0.05, 0.1) is 11.5 Å². The summed E-state index contributed by atoms with van der Waals surface area (Å²) in [6.45, 7) is 8.80. The van der Waals surface area contributed by atoms with E-state index < -0.39 is 38.6 Å². The van der Waals surface area contributed by atoms with Crippen molar-refractivity contribution in [2.75, 3.05) is 7.05 Å². The predicted octanol–water partition coefficient (Wildman–Crippen LogP) is 3.73. The number of esters is 1. The van der Waals surface area contributed by atoms with E-state index in [2.05, 4.69) is 0 Å². The van der Waals surface area contributed by atoms with Gasteiger partial charge in [-0.2, -0.15) is 0 Å². The van der Waals surface area contributed by atoms with Crippen LogP contribution in [-0.4, -0.2) is 50.0 Å². The van der Waals surface area contributed by atoms with Gasteiger partial charge in [-0.15, -0.1) is 0 Å². The zero-order valence-electron chi connectivity index (χ0n) is 17.8. The molecule has 4 saturated heterocycles. The van der Waals surface area contributed by atoms with Crippen LogP contribution < -0.4 is 0 Å². The van der Waals surface area contributed by atoms with Gasteiger partial charge in [-0.1, -0.05) is 33.7 Å². The van der Waals surface area contributed by atoms with Gasteiger partial charge in [-0.05, 0) is 52.3 Å². The topological polar surface area (TPSA) is 66.9 Å². The number of benzene rings is 1. The molecule has 4 aliphatic rings. The molecular weight excluding hydrogens is 427 g/mol. The predicted molar refractivity (Wildman–Crippen MR) is 114 cm³/mol. The normalized spacial score (nSPS) is 35.6. The van der Waals surface area contributed by atoms with Crippen LogP contribution in [0.2, 0.25) is 0 Å². The molecular formula is C21H25FN2O4S2. The summed E-state index contributed by atoms with van der Waals surface area (Å²) in [5, 5.41) is 0. The van der Waals surface area contributed by atoms with E-state index in [1.54, 1.807) is 58.7 Å². The molecule has 162 valence electrons. The van der Waals surface area contributed by atoms with Crippen molar-refractivity contribution in [3.05, 3.63) is 35.6 Å². The van der Waals surface area contributed by atoms with Crippen LogP contribution in [0.4, 0.5) is 4.39 Å². The lowest BCUT2D eigenvalue weighted by Crippen LogP contribution is -2.73. The number of ether oxygens (including phenoxy) is 1. The summed E-state index contributed by atoms with van der Waals surface area (Å²) in [5.74, 6) is -1.32. The average Bonchev–Trinajstić information content (AvgIpc) is 2.93. The Morgan fingerprint density at radius 3 is 2.30 bits per heavy atom. The number of carbonyl (C=O) groups is 3. The fourth-order valence-electron chi connectivity index (χ4n) is 4.54. The van der Waals surface area contributed by atoms with Crippen molar-refractivity contribution in [2.45, 2.75) is 62.4 Å². The number of amides is 2. The minimum Gasteiger partial charge on any atom is -0.459 e. The van der Waals surface area contributed by atoms with Crippen LogP contribution in [0.15, 0.2) is 24.3 Å². The lowest BCUT2D eigenvalue weighted by atomic mass is 9.78. The van der Waals surface area contributed by atoms with Gasteiger partial charge in [0.2, 0.25) is 0 Å². The van der Waals surface area contributed by atoms with Crippen molar-refractivity contribution in [3.63, 3.8) is 0 Å². The van der Waals surface area contributed by atoms with Crippen molar-refractivity contribution in [1.29, 1.82) is 0 Å². The van der Waals surface area contributed by atoms with Gasteiger partial charge in [0, 0.05) is 13.5 Å². The smallest absolute Gasteiger partial charge is 0.314 e. The van der Waals surface area contributed by atoms with E-state index in [1.165, 1.54) is 38.6 Å². The highest BCUT2D eigenvalue weighted by Crippen LogP contribution is 2.69.